The second kappa shape index (κ2) is 6.10. The van der Waals surface area contributed by atoms with Crippen molar-refractivity contribution >= 4 is 0 Å². The van der Waals surface area contributed by atoms with E-state index >= 15 is 0 Å². The van der Waals surface area contributed by atoms with Crippen molar-refractivity contribution in [1.29, 1.82) is 0 Å². The molecule has 0 amide bonds. The van der Waals surface area contributed by atoms with Gasteiger partial charge in [-0.3, -0.25) is 4.90 Å². The maximum Gasteiger partial charge on any atom is 0.131 e. The molecule has 1 saturated heterocycles. The predicted molar refractivity (Wildman–Crippen MR) is 77.4 cm³/mol. The Labute approximate surface area is 120 Å². The lowest BCUT2D eigenvalue weighted by molar-refractivity contribution is 0.119. The third-order valence-electron chi connectivity index (χ3n) is 4.37. The van der Waals surface area contributed by atoms with Crippen LogP contribution in [0.1, 0.15) is 24.8 Å². The highest BCUT2D eigenvalue weighted by atomic mass is 19.1. The van der Waals surface area contributed by atoms with Crippen LogP contribution in [-0.2, 0) is 6.54 Å². The Morgan fingerprint density at radius 2 is 1.95 bits per heavy atom. The summed E-state index contributed by atoms with van der Waals surface area (Å²) < 4.78 is 19.9. The van der Waals surface area contributed by atoms with Crippen LogP contribution in [-0.4, -0.2) is 49.1 Å². The van der Waals surface area contributed by atoms with Gasteiger partial charge in [-0.1, -0.05) is 6.07 Å². The average molecular weight is 278 g/mol. The maximum atomic E-state index is 14.1. The summed E-state index contributed by atoms with van der Waals surface area (Å²) in [4.78, 5) is 4.62. The highest BCUT2D eigenvalue weighted by Gasteiger charge is 2.20. The van der Waals surface area contributed by atoms with E-state index in [4.69, 9.17) is 4.74 Å². The van der Waals surface area contributed by atoms with E-state index in [1.54, 1.807) is 6.07 Å². The number of halogens is 1. The van der Waals surface area contributed by atoms with Crippen LogP contribution in [0.2, 0.25) is 0 Å². The Morgan fingerprint density at radius 3 is 2.55 bits per heavy atom. The van der Waals surface area contributed by atoms with Crippen molar-refractivity contribution in [3.05, 3.63) is 29.6 Å². The number of nitrogens with zero attached hydrogens (tertiary/aromatic N) is 2. The molecule has 0 radical (unpaired) electrons. The molecular weight excluding hydrogens is 255 g/mol. The summed E-state index contributed by atoms with van der Waals surface area (Å²) in [5, 5.41) is 0. The standard InChI is InChI=1S/C16H23FN2O/c1-18-7-9-19(10-8-18)12-13-5-6-15(11-16(13)17)20-14-3-2-4-14/h5-6,11,14H,2-4,7-10,12H2,1H3. The fraction of sp³-hybridized carbons (Fsp3) is 0.625. The number of hydrogen-bond acceptors (Lipinski definition) is 3. The van der Waals surface area contributed by atoms with Gasteiger partial charge in [-0.25, -0.2) is 4.39 Å². The first-order valence-electron chi connectivity index (χ1n) is 7.57. The quantitative estimate of drug-likeness (QED) is 0.841. The molecule has 110 valence electrons. The molecule has 1 aliphatic heterocycles. The topological polar surface area (TPSA) is 15.7 Å². The Bertz CT molecular complexity index is 454. The molecule has 2 fully saturated rings. The summed E-state index contributed by atoms with van der Waals surface area (Å²) in [6, 6.07) is 5.33. The second-order valence-corrected chi connectivity index (χ2v) is 6.00. The summed E-state index contributed by atoms with van der Waals surface area (Å²) in [6.45, 7) is 4.84. The van der Waals surface area contributed by atoms with E-state index in [0.717, 1.165) is 44.6 Å². The first-order chi connectivity index (χ1) is 9.70. The maximum absolute atomic E-state index is 14.1. The van der Waals surface area contributed by atoms with Gasteiger partial charge < -0.3 is 9.64 Å². The van der Waals surface area contributed by atoms with Crippen molar-refractivity contribution in [2.45, 2.75) is 31.9 Å². The van der Waals surface area contributed by atoms with E-state index in [0.29, 0.717) is 18.4 Å². The molecule has 1 heterocycles. The molecule has 4 heteroatoms. The third kappa shape index (κ3) is 3.30. The van der Waals surface area contributed by atoms with Crippen LogP contribution >= 0.6 is 0 Å². The highest BCUT2D eigenvalue weighted by molar-refractivity contribution is 5.29. The number of likely N-dealkylation sites (N-methyl/N-ethyl adjacent to an activating group) is 1. The Kier molecular flexibility index (Phi) is 4.22. The van der Waals surface area contributed by atoms with E-state index in [1.165, 1.54) is 6.42 Å². The first kappa shape index (κ1) is 13.8. The zero-order valence-electron chi connectivity index (χ0n) is 12.1. The molecule has 0 bridgehead atoms. The molecule has 0 N–H and O–H groups in total. The number of piperazine rings is 1. The monoisotopic (exact) mass is 278 g/mol. The lowest BCUT2D eigenvalue weighted by Gasteiger charge is -2.32. The summed E-state index contributed by atoms with van der Waals surface area (Å²) in [5.41, 5.74) is 0.774. The highest BCUT2D eigenvalue weighted by Crippen LogP contribution is 2.26. The Morgan fingerprint density at radius 1 is 1.20 bits per heavy atom. The van der Waals surface area contributed by atoms with E-state index < -0.39 is 0 Å². The van der Waals surface area contributed by atoms with Crippen molar-refractivity contribution in [2.24, 2.45) is 0 Å². The van der Waals surface area contributed by atoms with Crippen molar-refractivity contribution in [3.63, 3.8) is 0 Å². The lowest BCUT2D eigenvalue weighted by atomic mass is 9.96. The minimum atomic E-state index is -0.138. The summed E-state index contributed by atoms with van der Waals surface area (Å²) in [6.07, 6.45) is 3.74. The molecule has 0 unspecified atom stereocenters. The molecule has 2 aliphatic rings. The fourth-order valence-corrected chi connectivity index (χ4v) is 2.66. The van der Waals surface area contributed by atoms with Crippen molar-refractivity contribution < 1.29 is 9.13 Å². The minimum absolute atomic E-state index is 0.138. The molecule has 0 aromatic heterocycles. The van der Waals surface area contributed by atoms with E-state index in [9.17, 15) is 4.39 Å². The van der Waals surface area contributed by atoms with Gasteiger partial charge in [0.05, 0.1) is 6.10 Å². The Balaban J connectivity index is 1.58. The number of hydrogen-bond donors (Lipinski definition) is 0. The molecule has 1 saturated carbocycles. The predicted octanol–water partition coefficient (Wildman–Crippen LogP) is 2.50. The van der Waals surface area contributed by atoms with Crippen molar-refractivity contribution in [1.82, 2.24) is 9.80 Å². The average Bonchev–Trinajstić information content (AvgIpc) is 2.39. The second-order valence-electron chi connectivity index (χ2n) is 6.00. The molecule has 0 atom stereocenters. The van der Waals surface area contributed by atoms with E-state index in [2.05, 4.69) is 16.8 Å². The van der Waals surface area contributed by atoms with Gasteiger partial charge in [0.1, 0.15) is 11.6 Å². The zero-order valence-corrected chi connectivity index (χ0v) is 12.1. The molecular formula is C16H23FN2O. The SMILES string of the molecule is CN1CCN(Cc2ccc(OC3CCC3)cc2F)CC1. The van der Waals surface area contributed by atoms with Gasteiger partial charge in [-0.2, -0.15) is 0 Å². The molecule has 3 nitrogen and oxygen atoms in total. The number of benzene rings is 1. The summed E-state index contributed by atoms with van der Waals surface area (Å²) in [5.74, 6) is 0.537. The van der Waals surface area contributed by atoms with Gasteiger partial charge in [-0.15, -0.1) is 0 Å². The molecule has 0 spiro atoms. The largest absolute Gasteiger partial charge is 0.490 e. The van der Waals surface area contributed by atoms with Crippen LogP contribution in [0.4, 0.5) is 4.39 Å². The number of rotatable bonds is 4. The van der Waals surface area contributed by atoms with Crippen LogP contribution < -0.4 is 4.74 Å². The van der Waals surface area contributed by atoms with Gasteiger partial charge in [0.2, 0.25) is 0 Å². The van der Waals surface area contributed by atoms with Gasteiger partial charge in [0.15, 0.2) is 0 Å². The molecule has 3 rings (SSSR count). The van der Waals surface area contributed by atoms with E-state index in [-0.39, 0.29) is 5.82 Å². The van der Waals surface area contributed by atoms with E-state index in [1.807, 2.05) is 12.1 Å². The fourth-order valence-electron chi connectivity index (χ4n) is 2.66. The number of ether oxygens (including phenoxy) is 1. The van der Waals surface area contributed by atoms with Crippen LogP contribution in [0.15, 0.2) is 18.2 Å². The Hall–Kier alpha value is -1.13. The van der Waals surface area contributed by atoms with Crippen molar-refractivity contribution in [2.75, 3.05) is 33.2 Å². The smallest absolute Gasteiger partial charge is 0.131 e. The zero-order chi connectivity index (χ0) is 13.9. The molecule has 20 heavy (non-hydrogen) atoms. The third-order valence-corrected chi connectivity index (χ3v) is 4.37. The van der Waals surface area contributed by atoms with Gasteiger partial charge in [0, 0.05) is 44.4 Å². The molecule has 1 aromatic carbocycles. The van der Waals surface area contributed by atoms with Gasteiger partial charge >= 0.3 is 0 Å². The lowest BCUT2D eigenvalue weighted by Crippen LogP contribution is -2.44. The summed E-state index contributed by atoms with van der Waals surface area (Å²) >= 11 is 0. The normalized spacial score (nSPS) is 21.7. The summed E-state index contributed by atoms with van der Waals surface area (Å²) in [7, 11) is 2.13. The van der Waals surface area contributed by atoms with Gasteiger partial charge in [-0.05, 0) is 32.4 Å². The van der Waals surface area contributed by atoms with Crippen molar-refractivity contribution in [3.8, 4) is 5.75 Å². The van der Waals surface area contributed by atoms with Crippen LogP contribution in [0.25, 0.3) is 0 Å². The first-order valence-corrected chi connectivity index (χ1v) is 7.57. The van der Waals surface area contributed by atoms with Gasteiger partial charge in [0.25, 0.3) is 0 Å². The minimum Gasteiger partial charge on any atom is -0.490 e. The molecule has 1 aliphatic carbocycles. The van der Waals surface area contributed by atoms with Crippen LogP contribution in [0, 0.1) is 5.82 Å². The van der Waals surface area contributed by atoms with Crippen LogP contribution in [0.3, 0.4) is 0 Å². The molecule has 1 aromatic rings. The van der Waals surface area contributed by atoms with Crippen LogP contribution in [0.5, 0.6) is 5.75 Å².